The molecule has 0 bridgehead atoms. The van der Waals surface area contributed by atoms with E-state index in [2.05, 4.69) is 4.90 Å². The lowest BCUT2D eigenvalue weighted by molar-refractivity contribution is 0.278. The third kappa shape index (κ3) is 4.14. The Morgan fingerprint density at radius 2 is 1.83 bits per heavy atom. The van der Waals surface area contributed by atoms with Crippen molar-refractivity contribution in [3.05, 3.63) is 52.4 Å². The fourth-order valence-electron chi connectivity index (χ4n) is 2.73. The Morgan fingerprint density at radius 3 is 2.52 bits per heavy atom. The van der Waals surface area contributed by atoms with E-state index in [1.54, 1.807) is 21.8 Å². The average molecular weight is 371 g/mol. The van der Waals surface area contributed by atoms with Crippen LogP contribution in [-0.2, 0) is 16.6 Å². The highest BCUT2D eigenvalue weighted by molar-refractivity contribution is 7.91. The van der Waals surface area contributed by atoms with Crippen molar-refractivity contribution in [1.82, 2.24) is 9.21 Å². The first-order valence-corrected chi connectivity index (χ1v) is 10.3. The first-order chi connectivity index (χ1) is 11.1. The number of thiophene rings is 1. The van der Waals surface area contributed by atoms with E-state index in [9.17, 15) is 8.42 Å². The molecular weight excluding hydrogens is 352 g/mol. The van der Waals surface area contributed by atoms with Crippen LogP contribution >= 0.6 is 22.9 Å². The minimum atomic E-state index is -3.34. The largest absolute Gasteiger partial charge is 0.298 e. The van der Waals surface area contributed by atoms with Gasteiger partial charge in [-0.2, -0.15) is 4.31 Å². The lowest BCUT2D eigenvalue weighted by Crippen LogP contribution is -2.34. The summed E-state index contributed by atoms with van der Waals surface area (Å²) < 4.78 is 27.3. The van der Waals surface area contributed by atoms with Gasteiger partial charge < -0.3 is 0 Å². The van der Waals surface area contributed by atoms with Gasteiger partial charge in [-0.1, -0.05) is 29.8 Å². The van der Waals surface area contributed by atoms with E-state index in [1.807, 2.05) is 24.3 Å². The van der Waals surface area contributed by atoms with E-state index in [-0.39, 0.29) is 0 Å². The molecule has 0 radical (unpaired) electrons. The lowest BCUT2D eigenvalue weighted by Gasteiger charge is -2.21. The molecule has 3 rings (SSSR count). The number of hydrogen-bond acceptors (Lipinski definition) is 4. The normalized spacial score (nSPS) is 18.0. The van der Waals surface area contributed by atoms with Crippen molar-refractivity contribution in [2.24, 2.45) is 0 Å². The summed E-state index contributed by atoms with van der Waals surface area (Å²) in [5, 5.41) is 2.54. The zero-order valence-corrected chi connectivity index (χ0v) is 15.1. The molecular formula is C16H19ClN2O2S2. The predicted molar refractivity (Wildman–Crippen MR) is 94.4 cm³/mol. The first kappa shape index (κ1) is 16.9. The van der Waals surface area contributed by atoms with Crippen molar-refractivity contribution in [2.75, 3.05) is 26.2 Å². The van der Waals surface area contributed by atoms with E-state index in [0.29, 0.717) is 17.3 Å². The van der Waals surface area contributed by atoms with Crippen molar-refractivity contribution < 1.29 is 8.42 Å². The molecule has 124 valence electrons. The molecule has 1 fully saturated rings. The fraction of sp³-hybridized carbons (Fsp3) is 0.375. The fourth-order valence-corrected chi connectivity index (χ4v) is 5.47. The van der Waals surface area contributed by atoms with Crippen LogP contribution in [0.15, 0.2) is 46.0 Å². The topological polar surface area (TPSA) is 40.6 Å². The molecule has 0 aliphatic carbocycles. The molecule has 0 N–H and O–H groups in total. The van der Waals surface area contributed by atoms with Gasteiger partial charge in [-0.15, -0.1) is 11.3 Å². The number of nitrogens with zero attached hydrogens (tertiary/aromatic N) is 2. The predicted octanol–water partition coefficient (Wildman–Crippen LogP) is 3.30. The molecule has 0 amide bonds. The van der Waals surface area contributed by atoms with Crippen LogP contribution in [0.5, 0.6) is 0 Å². The van der Waals surface area contributed by atoms with Crippen LogP contribution in [0.3, 0.4) is 0 Å². The molecule has 1 aliphatic heterocycles. The van der Waals surface area contributed by atoms with E-state index < -0.39 is 10.0 Å². The summed E-state index contributed by atoms with van der Waals surface area (Å²) in [6.45, 7) is 3.58. The minimum absolute atomic E-state index is 0.434. The standard InChI is InChI=1S/C16H19ClN2O2S2/c17-15-6-4-14(5-7-15)13-18-8-2-9-19(11-10-18)23(20,21)16-3-1-12-22-16/h1,3-7,12H,2,8-11,13H2. The Kier molecular flexibility index (Phi) is 5.38. The van der Waals surface area contributed by atoms with E-state index in [4.69, 9.17) is 11.6 Å². The van der Waals surface area contributed by atoms with Gasteiger partial charge >= 0.3 is 0 Å². The number of benzene rings is 1. The Hall–Kier alpha value is -0.920. The van der Waals surface area contributed by atoms with Gasteiger partial charge in [0.2, 0.25) is 0 Å². The van der Waals surface area contributed by atoms with Crippen molar-refractivity contribution in [1.29, 1.82) is 0 Å². The molecule has 23 heavy (non-hydrogen) atoms. The Balaban J connectivity index is 1.64. The number of hydrogen-bond donors (Lipinski definition) is 0. The molecule has 1 aliphatic rings. The molecule has 1 aromatic heterocycles. The zero-order valence-electron chi connectivity index (χ0n) is 12.7. The third-order valence-electron chi connectivity index (χ3n) is 3.96. The Bertz CT molecular complexity index is 730. The maximum absolute atomic E-state index is 12.6. The summed E-state index contributed by atoms with van der Waals surface area (Å²) >= 11 is 7.19. The highest BCUT2D eigenvalue weighted by Crippen LogP contribution is 2.22. The monoisotopic (exact) mass is 370 g/mol. The van der Waals surface area contributed by atoms with Crippen LogP contribution in [0, 0.1) is 0 Å². The highest BCUT2D eigenvalue weighted by Gasteiger charge is 2.27. The highest BCUT2D eigenvalue weighted by atomic mass is 35.5. The Labute approximate surface area is 146 Å². The lowest BCUT2D eigenvalue weighted by atomic mass is 10.2. The molecule has 1 aromatic carbocycles. The molecule has 7 heteroatoms. The van der Waals surface area contributed by atoms with Gasteiger partial charge in [-0.05, 0) is 42.1 Å². The van der Waals surface area contributed by atoms with Gasteiger partial charge in [0.25, 0.3) is 10.0 Å². The SMILES string of the molecule is O=S(=O)(c1cccs1)N1CCCN(Cc2ccc(Cl)cc2)CC1. The van der Waals surface area contributed by atoms with Crippen molar-refractivity contribution in [3.63, 3.8) is 0 Å². The van der Waals surface area contributed by atoms with Crippen LogP contribution in [0.25, 0.3) is 0 Å². The second kappa shape index (κ2) is 7.32. The van der Waals surface area contributed by atoms with Crippen molar-refractivity contribution in [3.8, 4) is 0 Å². The molecule has 1 saturated heterocycles. The second-order valence-corrected chi connectivity index (χ2v) is 9.14. The van der Waals surface area contributed by atoms with E-state index in [0.717, 1.165) is 31.1 Å². The van der Waals surface area contributed by atoms with Gasteiger partial charge in [-0.25, -0.2) is 8.42 Å². The van der Waals surface area contributed by atoms with Gasteiger partial charge in [0, 0.05) is 31.2 Å². The molecule has 2 aromatic rings. The van der Waals surface area contributed by atoms with Crippen LogP contribution in [0.1, 0.15) is 12.0 Å². The zero-order chi connectivity index (χ0) is 16.3. The maximum Gasteiger partial charge on any atom is 0.252 e. The summed E-state index contributed by atoms with van der Waals surface area (Å²) in [4.78, 5) is 2.30. The average Bonchev–Trinajstić information content (AvgIpc) is 2.98. The first-order valence-electron chi connectivity index (χ1n) is 7.56. The summed E-state index contributed by atoms with van der Waals surface area (Å²) in [5.74, 6) is 0. The minimum Gasteiger partial charge on any atom is -0.298 e. The van der Waals surface area contributed by atoms with Crippen LogP contribution < -0.4 is 0 Å². The van der Waals surface area contributed by atoms with Crippen LogP contribution in [-0.4, -0.2) is 43.8 Å². The van der Waals surface area contributed by atoms with E-state index in [1.165, 1.54) is 16.9 Å². The summed E-state index contributed by atoms with van der Waals surface area (Å²) in [6, 6.07) is 11.3. The number of sulfonamides is 1. The summed E-state index contributed by atoms with van der Waals surface area (Å²) in [7, 11) is -3.34. The molecule has 0 spiro atoms. The smallest absolute Gasteiger partial charge is 0.252 e. The van der Waals surface area contributed by atoms with Gasteiger partial charge in [0.1, 0.15) is 4.21 Å². The van der Waals surface area contributed by atoms with Gasteiger partial charge in [-0.3, -0.25) is 4.90 Å². The molecule has 0 atom stereocenters. The molecule has 0 saturated carbocycles. The third-order valence-corrected chi connectivity index (χ3v) is 7.48. The number of rotatable bonds is 4. The number of halogens is 1. The summed E-state index contributed by atoms with van der Waals surface area (Å²) in [6.07, 6.45) is 0.845. The van der Waals surface area contributed by atoms with Crippen molar-refractivity contribution >= 4 is 33.0 Å². The Morgan fingerprint density at radius 1 is 1.04 bits per heavy atom. The van der Waals surface area contributed by atoms with Gasteiger partial charge in [0.15, 0.2) is 0 Å². The van der Waals surface area contributed by atoms with Crippen LogP contribution in [0.2, 0.25) is 5.02 Å². The van der Waals surface area contributed by atoms with E-state index >= 15 is 0 Å². The van der Waals surface area contributed by atoms with Crippen LogP contribution in [0.4, 0.5) is 0 Å². The van der Waals surface area contributed by atoms with Crippen molar-refractivity contribution in [2.45, 2.75) is 17.2 Å². The second-order valence-electron chi connectivity index (χ2n) is 5.59. The summed E-state index contributed by atoms with van der Waals surface area (Å²) in [5.41, 5.74) is 1.20. The molecule has 2 heterocycles. The molecule has 0 unspecified atom stereocenters. The van der Waals surface area contributed by atoms with Gasteiger partial charge in [0.05, 0.1) is 0 Å². The molecule has 4 nitrogen and oxygen atoms in total. The maximum atomic E-state index is 12.6. The quantitative estimate of drug-likeness (QED) is 0.829.